The van der Waals surface area contributed by atoms with Gasteiger partial charge in [-0.05, 0) is 24.9 Å². The van der Waals surface area contributed by atoms with Crippen molar-refractivity contribution in [3.05, 3.63) is 30.1 Å². The Balaban J connectivity index is 2.41. The summed E-state index contributed by atoms with van der Waals surface area (Å²) in [6.07, 6.45) is 9.93. The molecule has 112 valence electrons. The summed E-state index contributed by atoms with van der Waals surface area (Å²) >= 11 is 0. The number of ketones is 1. The highest BCUT2D eigenvalue weighted by molar-refractivity contribution is 6.63. The monoisotopic (exact) mass is 284 g/mol. The Morgan fingerprint density at radius 1 is 1.48 bits per heavy atom. The topological polar surface area (TPSA) is 45.2 Å². The van der Waals surface area contributed by atoms with Crippen molar-refractivity contribution in [3.8, 4) is 0 Å². The predicted octanol–water partition coefficient (Wildman–Crippen LogP) is 3.58. The Kier molecular flexibility index (Phi) is 4.86. The molecule has 0 bridgehead atoms. The van der Waals surface area contributed by atoms with E-state index in [0.29, 0.717) is 0 Å². The largest absolute Gasteiger partial charge is 0.362 e. The molecule has 1 saturated carbocycles. The summed E-state index contributed by atoms with van der Waals surface area (Å²) in [6, 6.07) is 0. The third-order valence-electron chi connectivity index (χ3n) is 4.62. The van der Waals surface area contributed by atoms with Crippen LogP contribution in [0.5, 0.6) is 0 Å². The van der Waals surface area contributed by atoms with Gasteiger partial charge in [0.05, 0.1) is 11.3 Å². The van der Waals surface area contributed by atoms with E-state index >= 15 is 0 Å². The molecule has 3 nitrogen and oxygen atoms in total. The van der Waals surface area contributed by atoms with Gasteiger partial charge in [0.15, 0.2) is 13.6 Å². The van der Waals surface area contributed by atoms with Crippen LogP contribution >= 0.6 is 0 Å². The maximum absolute atomic E-state index is 13.0. The molecule has 2 rings (SSSR count). The second-order valence-electron chi connectivity index (χ2n) is 6.29. The standard InChI is InChI=1S/C17H25BN2O/c1-4-13-15(20-14(18)5-2)12(11-19-13)16(21)17(3)9-7-6-8-10-17/h5,11,19H,2,4,6-10,18H2,1,3H3/b20-14+. The molecule has 0 amide bonds. The van der Waals surface area contributed by atoms with Crippen LogP contribution in [0.15, 0.2) is 23.8 Å². The van der Waals surface area contributed by atoms with Crippen LogP contribution in [-0.2, 0) is 6.42 Å². The second kappa shape index (κ2) is 6.46. The molecule has 0 saturated heterocycles. The first-order valence-corrected chi connectivity index (χ1v) is 7.94. The fourth-order valence-corrected chi connectivity index (χ4v) is 3.14. The first-order chi connectivity index (χ1) is 10.0. The van der Waals surface area contributed by atoms with Crippen LogP contribution in [-0.4, -0.2) is 24.2 Å². The highest BCUT2D eigenvalue weighted by Crippen LogP contribution is 2.41. The van der Waals surface area contributed by atoms with Gasteiger partial charge in [-0.3, -0.25) is 9.79 Å². The zero-order chi connectivity index (χ0) is 15.5. The van der Waals surface area contributed by atoms with Gasteiger partial charge in [0.25, 0.3) is 0 Å². The average molecular weight is 284 g/mol. The first kappa shape index (κ1) is 15.8. The van der Waals surface area contributed by atoms with Crippen LogP contribution in [0.2, 0.25) is 0 Å². The van der Waals surface area contributed by atoms with Gasteiger partial charge in [-0.15, -0.1) is 0 Å². The molecule has 1 aliphatic carbocycles. The Bertz CT molecular complexity index is 565. The number of carbonyl (C=O) groups excluding carboxylic acids is 1. The number of hydrogen-bond acceptors (Lipinski definition) is 2. The van der Waals surface area contributed by atoms with Gasteiger partial charge in [-0.25, -0.2) is 0 Å². The van der Waals surface area contributed by atoms with Gasteiger partial charge in [0.2, 0.25) is 0 Å². The molecule has 1 N–H and O–H groups in total. The van der Waals surface area contributed by atoms with Gasteiger partial charge in [-0.1, -0.05) is 45.8 Å². The number of nitrogens with one attached hydrogen (secondary N) is 1. The van der Waals surface area contributed by atoms with E-state index in [4.69, 9.17) is 0 Å². The Labute approximate surface area is 128 Å². The van der Waals surface area contributed by atoms with Gasteiger partial charge in [-0.2, -0.15) is 0 Å². The van der Waals surface area contributed by atoms with Crippen molar-refractivity contribution < 1.29 is 4.79 Å². The van der Waals surface area contributed by atoms with E-state index in [1.807, 2.05) is 14.0 Å². The summed E-state index contributed by atoms with van der Waals surface area (Å²) in [5.74, 6) is 0.244. The minimum absolute atomic E-state index is 0.224. The summed E-state index contributed by atoms with van der Waals surface area (Å²) in [5.41, 5.74) is 3.20. The van der Waals surface area contributed by atoms with Crippen molar-refractivity contribution in [1.82, 2.24) is 4.98 Å². The number of allylic oxidation sites excluding steroid dienone is 1. The number of aliphatic imine (C=N–C) groups is 1. The number of carbonyl (C=O) groups is 1. The SMILES string of the molecule is B/C(C=C)=N/c1c(C(=O)C2(C)CCCCC2)c[nH]c1CC. The van der Waals surface area contributed by atoms with Crippen LogP contribution in [0, 0.1) is 5.41 Å². The molecule has 1 aliphatic rings. The summed E-state index contributed by atoms with van der Waals surface area (Å²) in [6.45, 7) is 7.93. The lowest BCUT2D eigenvalue weighted by molar-refractivity contribution is 0.0750. The van der Waals surface area contributed by atoms with Gasteiger partial charge >= 0.3 is 0 Å². The minimum Gasteiger partial charge on any atom is -0.362 e. The number of rotatable bonds is 5. The zero-order valence-corrected chi connectivity index (χ0v) is 13.5. The van der Waals surface area contributed by atoms with Crippen LogP contribution in [0.4, 0.5) is 5.69 Å². The third kappa shape index (κ3) is 3.20. The Hall–Kier alpha value is -1.58. The van der Waals surface area contributed by atoms with Gasteiger partial charge < -0.3 is 4.98 Å². The second-order valence-corrected chi connectivity index (χ2v) is 6.29. The number of nitrogens with zero attached hydrogens (tertiary/aromatic N) is 1. The highest BCUT2D eigenvalue weighted by atomic mass is 16.1. The van der Waals surface area contributed by atoms with Crippen molar-refractivity contribution in [1.29, 1.82) is 0 Å². The molecule has 21 heavy (non-hydrogen) atoms. The molecule has 0 unspecified atom stereocenters. The highest BCUT2D eigenvalue weighted by Gasteiger charge is 2.36. The molecular weight excluding hydrogens is 259 g/mol. The molecule has 4 heteroatoms. The van der Waals surface area contributed by atoms with E-state index < -0.39 is 0 Å². The van der Waals surface area contributed by atoms with E-state index in [2.05, 4.69) is 30.4 Å². The average Bonchev–Trinajstić information content (AvgIpc) is 2.89. The summed E-state index contributed by atoms with van der Waals surface area (Å²) in [7, 11) is 1.91. The molecule has 1 fully saturated rings. The number of Topliss-reactive ketones (excluding diaryl/α,β-unsaturated/α-hetero) is 1. The van der Waals surface area contributed by atoms with Crippen molar-refractivity contribution in [3.63, 3.8) is 0 Å². The molecule has 0 aliphatic heterocycles. The number of H-pyrrole nitrogens is 1. The van der Waals surface area contributed by atoms with E-state index in [-0.39, 0.29) is 11.2 Å². The van der Waals surface area contributed by atoms with Crippen LogP contribution < -0.4 is 0 Å². The molecule has 0 aromatic carbocycles. The van der Waals surface area contributed by atoms with Crippen molar-refractivity contribution in [2.24, 2.45) is 10.4 Å². The van der Waals surface area contributed by atoms with E-state index in [1.165, 1.54) is 6.42 Å². The normalized spacial score (nSPS) is 18.5. The first-order valence-electron chi connectivity index (χ1n) is 7.94. The summed E-state index contributed by atoms with van der Waals surface area (Å²) in [4.78, 5) is 20.9. The number of hydrogen-bond donors (Lipinski definition) is 1. The van der Waals surface area contributed by atoms with Crippen molar-refractivity contribution >= 4 is 24.9 Å². The molecule has 0 spiro atoms. The molecule has 1 aromatic heterocycles. The summed E-state index contributed by atoms with van der Waals surface area (Å²) < 4.78 is 0. The molecule has 0 atom stereocenters. The number of aromatic nitrogens is 1. The quantitative estimate of drug-likeness (QED) is 0.501. The fourth-order valence-electron chi connectivity index (χ4n) is 3.14. The molecule has 1 heterocycles. The lowest BCUT2D eigenvalue weighted by atomic mass is 9.71. The zero-order valence-electron chi connectivity index (χ0n) is 13.5. The van der Waals surface area contributed by atoms with Crippen LogP contribution in [0.1, 0.15) is 62.0 Å². The van der Waals surface area contributed by atoms with Gasteiger partial charge in [0, 0.05) is 17.3 Å². The fraction of sp³-hybridized carbons (Fsp3) is 0.529. The maximum Gasteiger partial charge on any atom is 0.172 e. The third-order valence-corrected chi connectivity index (χ3v) is 4.62. The van der Waals surface area contributed by atoms with Crippen LogP contribution in [0.3, 0.4) is 0 Å². The summed E-state index contributed by atoms with van der Waals surface area (Å²) in [5, 5.41) is 0. The van der Waals surface area contributed by atoms with E-state index in [0.717, 1.165) is 54.7 Å². The Morgan fingerprint density at radius 3 is 2.71 bits per heavy atom. The van der Waals surface area contributed by atoms with Gasteiger partial charge in [0.1, 0.15) is 0 Å². The van der Waals surface area contributed by atoms with Crippen molar-refractivity contribution in [2.75, 3.05) is 0 Å². The van der Waals surface area contributed by atoms with E-state index in [9.17, 15) is 4.79 Å². The Morgan fingerprint density at radius 2 is 2.14 bits per heavy atom. The molecular formula is C17H25BN2O. The number of aromatic amines is 1. The van der Waals surface area contributed by atoms with Crippen LogP contribution in [0.25, 0.3) is 0 Å². The molecule has 0 radical (unpaired) electrons. The lowest BCUT2D eigenvalue weighted by Crippen LogP contribution is -2.30. The lowest BCUT2D eigenvalue weighted by Gasteiger charge is -2.31. The maximum atomic E-state index is 13.0. The number of aryl methyl sites for hydroxylation is 1. The minimum atomic E-state index is -0.224. The molecule has 1 aromatic rings. The van der Waals surface area contributed by atoms with Crippen molar-refractivity contribution in [2.45, 2.75) is 52.4 Å². The smallest absolute Gasteiger partial charge is 0.172 e. The predicted molar refractivity (Wildman–Crippen MR) is 91.5 cm³/mol. The van der Waals surface area contributed by atoms with E-state index in [1.54, 1.807) is 6.08 Å².